The number of furan rings is 1. The number of likely N-dealkylation sites (tertiary alicyclic amines) is 1. The molecule has 7 nitrogen and oxygen atoms in total. The van der Waals surface area contributed by atoms with Gasteiger partial charge < -0.3 is 19.4 Å². The second-order valence-corrected chi connectivity index (χ2v) is 7.86. The third-order valence-corrected chi connectivity index (χ3v) is 5.52. The van der Waals surface area contributed by atoms with Gasteiger partial charge in [0.2, 0.25) is 5.91 Å². The topological polar surface area (TPSA) is 88.9 Å². The Kier molecular flexibility index (Phi) is 6.92. The van der Waals surface area contributed by atoms with Crippen LogP contribution in [0.1, 0.15) is 47.6 Å². The third-order valence-electron chi connectivity index (χ3n) is 5.52. The van der Waals surface area contributed by atoms with Crippen LogP contribution in [-0.4, -0.2) is 48.7 Å². The highest BCUT2D eigenvalue weighted by molar-refractivity contribution is 5.98. The predicted molar refractivity (Wildman–Crippen MR) is 111 cm³/mol. The van der Waals surface area contributed by atoms with E-state index in [1.165, 1.54) is 6.26 Å². The first-order chi connectivity index (χ1) is 14.4. The molecule has 1 aliphatic rings. The van der Waals surface area contributed by atoms with E-state index in [1.807, 2.05) is 13.8 Å². The number of methoxy groups -OCH3 is 1. The number of ketones is 1. The van der Waals surface area contributed by atoms with Crippen LogP contribution in [0.15, 0.2) is 47.1 Å². The molecule has 1 atom stereocenters. The summed E-state index contributed by atoms with van der Waals surface area (Å²) in [6.45, 7) is 4.77. The lowest BCUT2D eigenvalue weighted by Crippen LogP contribution is -2.53. The fourth-order valence-electron chi connectivity index (χ4n) is 3.68. The van der Waals surface area contributed by atoms with E-state index in [9.17, 15) is 14.4 Å². The summed E-state index contributed by atoms with van der Waals surface area (Å²) in [7, 11) is 1.59. The van der Waals surface area contributed by atoms with Crippen molar-refractivity contribution in [2.75, 3.05) is 20.2 Å². The largest absolute Gasteiger partial charge is 0.497 e. The Bertz CT molecular complexity index is 866. The van der Waals surface area contributed by atoms with Gasteiger partial charge in [0.25, 0.3) is 5.91 Å². The van der Waals surface area contributed by atoms with Gasteiger partial charge in [-0.15, -0.1) is 0 Å². The van der Waals surface area contributed by atoms with Crippen molar-refractivity contribution >= 4 is 17.6 Å². The minimum Gasteiger partial charge on any atom is -0.497 e. The van der Waals surface area contributed by atoms with Crippen molar-refractivity contribution in [2.24, 2.45) is 11.8 Å². The number of amides is 2. The van der Waals surface area contributed by atoms with Crippen molar-refractivity contribution in [2.45, 2.75) is 32.7 Å². The van der Waals surface area contributed by atoms with E-state index in [0.29, 0.717) is 37.2 Å². The lowest BCUT2D eigenvalue weighted by atomic mass is 9.88. The van der Waals surface area contributed by atoms with Crippen LogP contribution >= 0.6 is 0 Å². The van der Waals surface area contributed by atoms with Gasteiger partial charge in [-0.2, -0.15) is 0 Å². The molecule has 1 fully saturated rings. The van der Waals surface area contributed by atoms with E-state index in [4.69, 9.17) is 9.15 Å². The molecule has 0 bridgehead atoms. The number of carbonyl (C=O) groups excluding carboxylic acids is 3. The van der Waals surface area contributed by atoms with Gasteiger partial charge in [0.05, 0.1) is 13.4 Å². The van der Waals surface area contributed by atoms with E-state index in [2.05, 4.69) is 5.32 Å². The molecule has 0 saturated carbocycles. The van der Waals surface area contributed by atoms with Crippen LogP contribution < -0.4 is 10.1 Å². The van der Waals surface area contributed by atoms with Crippen LogP contribution in [0.2, 0.25) is 0 Å². The minimum absolute atomic E-state index is 0.0740. The Labute approximate surface area is 176 Å². The zero-order valence-corrected chi connectivity index (χ0v) is 17.6. The summed E-state index contributed by atoms with van der Waals surface area (Å²) in [5.41, 5.74) is 0.659. The fourth-order valence-corrected chi connectivity index (χ4v) is 3.68. The number of benzene rings is 1. The van der Waals surface area contributed by atoms with Crippen LogP contribution in [0, 0.1) is 11.8 Å². The van der Waals surface area contributed by atoms with Crippen LogP contribution in [0.3, 0.4) is 0 Å². The Morgan fingerprint density at radius 1 is 1.10 bits per heavy atom. The second kappa shape index (κ2) is 9.61. The Morgan fingerprint density at radius 3 is 2.30 bits per heavy atom. The SMILES string of the molecule is COc1ccc(C(=O)C2CCN(C(=O)C(NC(=O)c3ccco3)C(C)C)CC2)cc1. The molecule has 3 rings (SSSR count). The first kappa shape index (κ1) is 21.6. The second-order valence-electron chi connectivity index (χ2n) is 7.86. The average Bonchev–Trinajstić information content (AvgIpc) is 3.31. The summed E-state index contributed by atoms with van der Waals surface area (Å²) in [6.07, 6.45) is 2.63. The molecule has 7 heteroatoms. The zero-order chi connectivity index (χ0) is 21.7. The maximum atomic E-state index is 13.0. The highest BCUT2D eigenvalue weighted by Crippen LogP contribution is 2.24. The number of piperidine rings is 1. The zero-order valence-electron chi connectivity index (χ0n) is 17.6. The van der Waals surface area contributed by atoms with Gasteiger partial charge in [0.15, 0.2) is 11.5 Å². The van der Waals surface area contributed by atoms with Gasteiger partial charge in [-0.3, -0.25) is 14.4 Å². The maximum absolute atomic E-state index is 13.0. The first-order valence-electron chi connectivity index (χ1n) is 10.2. The van der Waals surface area contributed by atoms with Gasteiger partial charge in [0, 0.05) is 24.6 Å². The van der Waals surface area contributed by atoms with E-state index < -0.39 is 11.9 Å². The predicted octanol–water partition coefficient (Wildman–Crippen LogP) is 3.16. The third kappa shape index (κ3) is 4.90. The smallest absolute Gasteiger partial charge is 0.287 e. The number of hydrogen-bond acceptors (Lipinski definition) is 5. The molecule has 1 aliphatic heterocycles. The average molecular weight is 412 g/mol. The summed E-state index contributed by atoms with van der Waals surface area (Å²) < 4.78 is 10.3. The summed E-state index contributed by atoms with van der Waals surface area (Å²) in [6, 6.07) is 9.66. The normalized spacial score (nSPS) is 15.7. The van der Waals surface area contributed by atoms with E-state index >= 15 is 0 Å². The molecule has 2 heterocycles. The number of nitrogens with zero attached hydrogens (tertiary/aromatic N) is 1. The molecule has 0 radical (unpaired) electrons. The molecule has 1 aromatic heterocycles. The molecule has 30 heavy (non-hydrogen) atoms. The van der Waals surface area contributed by atoms with Crippen molar-refractivity contribution in [3.05, 3.63) is 54.0 Å². The highest BCUT2D eigenvalue weighted by Gasteiger charge is 2.33. The molecule has 2 amide bonds. The molecule has 0 spiro atoms. The summed E-state index contributed by atoms with van der Waals surface area (Å²) >= 11 is 0. The molecule has 1 unspecified atom stereocenters. The van der Waals surface area contributed by atoms with Crippen molar-refractivity contribution in [1.82, 2.24) is 10.2 Å². The van der Waals surface area contributed by atoms with Crippen LogP contribution in [0.5, 0.6) is 5.75 Å². The van der Waals surface area contributed by atoms with Gasteiger partial charge >= 0.3 is 0 Å². The van der Waals surface area contributed by atoms with Crippen molar-refractivity contribution in [3.63, 3.8) is 0 Å². The van der Waals surface area contributed by atoms with Gasteiger partial charge in [-0.25, -0.2) is 0 Å². The number of Topliss-reactive ketones (excluding diaryl/α,β-unsaturated/α-hetero) is 1. The molecule has 2 aromatic rings. The quantitative estimate of drug-likeness (QED) is 0.706. The van der Waals surface area contributed by atoms with E-state index in [1.54, 1.807) is 48.4 Å². The van der Waals surface area contributed by atoms with Crippen LogP contribution in [0.25, 0.3) is 0 Å². The number of ether oxygens (including phenoxy) is 1. The number of rotatable bonds is 7. The minimum atomic E-state index is -0.642. The molecule has 1 N–H and O–H groups in total. The summed E-state index contributed by atoms with van der Waals surface area (Å²) in [4.78, 5) is 39.9. The lowest BCUT2D eigenvalue weighted by Gasteiger charge is -2.35. The standard InChI is InChI=1S/C23H28N2O5/c1-15(2)20(24-22(27)19-5-4-14-30-19)23(28)25-12-10-17(11-13-25)21(26)16-6-8-18(29-3)9-7-16/h4-9,14-15,17,20H,10-13H2,1-3H3,(H,24,27). The van der Waals surface area contributed by atoms with Gasteiger partial charge in [-0.1, -0.05) is 13.8 Å². The molecule has 160 valence electrons. The van der Waals surface area contributed by atoms with Crippen LogP contribution in [0.4, 0.5) is 0 Å². The number of carbonyl (C=O) groups is 3. The lowest BCUT2D eigenvalue weighted by molar-refractivity contribution is -0.135. The Morgan fingerprint density at radius 2 is 1.77 bits per heavy atom. The summed E-state index contributed by atoms with van der Waals surface area (Å²) in [5.74, 6) is 0.265. The molecular formula is C23H28N2O5. The Hall–Kier alpha value is -3.09. The molecule has 1 aromatic carbocycles. The molecular weight excluding hydrogens is 384 g/mol. The fraction of sp³-hybridized carbons (Fsp3) is 0.435. The van der Waals surface area contributed by atoms with Crippen LogP contribution in [-0.2, 0) is 4.79 Å². The summed E-state index contributed by atoms with van der Waals surface area (Å²) in [5, 5.41) is 2.78. The van der Waals surface area contributed by atoms with Gasteiger partial charge in [0.1, 0.15) is 11.8 Å². The number of nitrogens with one attached hydrogen (secondary N) is 1. The Balaban J connectivity index is 1.58. The molecule has 1 saturated heterocycles. The van der Waals surface area contributed by atoms with E-state index in [-0.39, 0.29) is 29.3 Å². The van der Waals surface area contributed by atoms with E-state index in [0.717, 1.165) is 0 Å². The number of hydrogen-bond donors (Lipinski definition) is 1. The molecule has 0 aliphatic carbocycles. The van der Waals surface area contributed by atoms with Crippen molar-refractivity contribution in [1.29, 1.82) is 0 Å². The van der Waals surface area contributed by atoms with Crippen molar-refractivity contribution in [3.8, 4) is 5.75 Å². The van der Waals surface area contributed by atoms with Crippen molar-refractivity contribution < 1.29 is 23.5 Å². The maximum Gasteiger partial charge on any atom is 0.287 e. The first-order valence-corrected chi connectivity index (χ1v) is 10.2. The van der Waals surface area contributed by atoms with Gasteiger partial charge in [-0.05, 0) is 55.2 Å². The monoisotopic (exact) mass is 412 g/mol. The highest BCUT2D eigenvalue weighted by atomic mass is 16.5.